The van der Waals surface area contributed by atoms with Gasteiger partial charge in [0.25, 0.3) is 0 Å². The van der Waals surface area contributed by atoms with Gasteiger partial charge in [-0.05, 0) is 25.3 Å². The first-order valence-electron chi connectivity index (χ1n) is 7.62. The first kappa shape index (κ1) is 15.7. The molecule has 1 fully saturated rings. The van der Waals surface area contributed by atoms with E-state index >= 15 is 0 Å². The highest BCUT2D eigenvalue weighted by Gasteiger charge is 2.24. The second kappa shape index (κ2) is 6.87. The van der Waals surface area contributed by atoms with Crippen LogP contribution in [0, 0.1) is 0 Å². The van der Waals surface area contributed by atoms with Gasteiger partial charge in [-0.25, -0.2) is 4.98 Å². The Hall–Kier alpha value is -0.650. The third kappa shape index (κ3) is 3.32. The Bertz CT molecular complexity index is 425. The SMILES string of the molecule is CCN1CCC(N(C)c2nc(C(C)C)c(CO)s2)CC1. The molecule has 1 aliphatic rings. The maximum Gasteiger partial charge on any atom is 0.185 e. The van der Waals surface area contributed by atoms with Crippen LogP contribution in [0.5, 0.6) is 0 Å². The average molecular weight is 297 g/mol. The van der Waals surface area contributed by atoms with Gasteiger partial charge in [-0.1, -0.05) is 32.1 Å². The Morgan fingerprint density at radius 2 is 2.05 bits per heavy atom. The summed E-state index contributed by atoms with van der Waals surface area (Å²) in [4.78, 5) is 10.6. The molecule has 0 unspecified atom stereocenters. The van der Waals surface area contributed by atoms with Crippen LogP contribution in [-0.4, -0.2) is 47.7 Å². The number of thiazole rings is 1. The summed E-state index contributed by atoms with van der Waals surface area (Å²) in [6.45, 7) is 10.1. The Labute approximate surface area is 126 Å². The standard InChI is InChI=1S/C15H27N3OS/c1-5-18-8-6-12(7-9-18)17(4)15-16-14(11(2)3)13(10-19)20-15/h11-12,19H,5-10H2,1-4H3. The van der Waals surface area contributed by atoms with E-state index < -0.39 is 0 Å². The molecule has 1 aromatic heterocycles. The summed E-state index contributed by atoms with van der Waals surface area (Å²) >= 11 is 1.65. The van der Waals surface area contributed by atoms with Crippen molar-refractivity contribution in [2.75, 3.05) is 31.6 Å². The first-order valence-corrected chi connectivity index (χ1v) is 8.44. The van der Waals surface area contributed by atoms with Gasteiger partial charge in [-0.2, -0.15) is 0 Å². The molecule has 0 aliphatic carbocycles. The second-order valence-corrected chi connectivity index (χ2v) is 6.96. The lowest BCUT2D eigenvalue weighted by atomic mass is 10.0. The predicted octanol–water partition coefficient (Wildman–Crippen LogP) is 2.68. The van der Waals surface area contributed by atoms with Gasteiger partial charge in [0, 0.05) is 26.2 Å². The molecule has 0 aromatic carbocycles. The van der Waals surface area contributed by atoms with Gasteiger partial charge in [0.15, 0.2) is 5.13 Å². The Morgan fingerprint density at radius 1 is 1.40 bits per heavy atom. The van der Waals surface area contributed by atoms with Gasteiger partial charge in [0.2, 0.25) is 0 Å². The number of nitrogens with zero attached hydrogens (tertiary/aromatic N) is 3. The summed E-state index contributed by atoms with van der Waals surface area (Å²) < 4.78 is 0. The van der Waals surface area contributed by atoms with E-state index in [0.717, 1.165) is 22.2 Å². The van der Waals surface area contributed by atoms with Crippen LogP contribution in [0.1, 0.15) is 50.1 Å². The molecule has 2 rings (SSSR count). The number of aliphatic hydroxyl groups is 1. The fraction of sp³-hybridized carbons (Fsp3) is 0.800. The second-order valence-electron chi connectivity index (χ2n) is 5.89. The van der Waals surface area contributed by atoms with E-state index in [0.29, 0.717) is 12.0 Å². The third-order valence-corrected chi connectivity index (χ3v) is 5.41. The minimum Gasteiger partial charge on any atom is -0.391 e. The first-order chi connectivity index (χ1) is 9.56. The van der Waals surface area contributed by atoms with Crippen molar-refractivity contribution < 1.29 is 5.11 Å². The van der Waals surface area contributed by atoms with Gasteiger partial charge in [-0.15, -0.1) is 0 Å². The topological polar surface area (TPSA) is 39.6 Å². The van der Waals surface area contributed by atoms with Crippen molar-refractivity contribution in [2.45, 2.75) is 52.2 Å². The highest BCUT2D eigenvalue weighted by molar-refractivity contribution is 7.15. The van der Waals surface area contributed by atoms with Crippen LogP contribution in [0.2, 0.25) is 0 Å². The number of rotatable bonds is 5. The smallest absolute Gasteiger partial charge is 0.185 e. The van der Waals surface area contributed by atoms with E-state index in [1.54, 1.807) is 11.3 Å². The Kier molecular flexibility index (Phi) is 5.41. The van der Waals surface area contributed by atoms with Crippen molar-refractivity contribution in [3.05, 3.63) is 10.6 Å². The molecule has 0 bridgehead atoms. The summed E-state index contributed by atoms with van der Waals surface area (Å²) in [7, 11) is 2.15. The van der Waals surface area contributed by atoms with Crippen molar-refractivity contribution in [1.82, 2.24) is 9.88 Å². The van der Waals surface area contributed by atoms with E-state index in [9.17, 15) is 5.11 Å². The lowest BCUT2D eigenvalue weighted by Crippen LogP contribution is -2.43. The van der Waals surface area contributed by atoms with Crippen LogP contribution >= 0.6 is 11.3 Å². The lowest BCUT2D eigenvalue weighted by molar-refractivity contribution is 0.221. The number of aliphatic hydroxyl groups excluding tert-OH is 1. The van der Waals surface area contributed by atoms with Crippen LogP contribution in [0.15, 0.2) is 0 Å². The summed E-state index contributed by atoms with van der Waals surface area (Å²) in [6, 6.07) is 0.579. The summed E-state index contributed by atoms with van der Waals surface area (Å²) in [5.74, 6) is 0.373. The van der Waals surface area contributed by atoms with Crippen molar-refractivity contribution >= 4 is 16.5 Å². The van der Waals surface area contributed by atoms with Gasteiger partial charge in [0.05, 0.1) is 17.2 Å². The molecule has 0 radical (unpaired) electrons. The number of likely N-dealkylation sites (tertiary alicyclic amines) is 1. The monoisotopic (exact) mass is 297 g/mol. The van der Waals surface area contributed by atoms with Crippen LogP contribution in [0.3, 0.4) is 0 Å². The lowest BCUT2D eigenvalue weighted by Gasteiger charge is -2.36. The van der Waals surface area contributed by atoms with E-state index in [2.05, 4.69) is 37.6 Å². The molecular formula is C15H27N3OS. The normalized spacial score (nSPS) is 17.9. The minimum absolute atomic E-state index is 0.104. The number of hydrogen-bond donors (Lipinski definition) is 1. The maximum atomic E-state index is 9.48. The molecule has 5 heteroatoms. The van der Waals surface area contributed by atoms with Gasteiger partial charge in [-0.3, -0.25) is 0 Å². The zero-order chi connectivity index (χ0) is 14.7. The van der Waals surface area contributed by atoms with E-state index in [4.69, 9.17) is 4.98 Å². The van der Waals surface area contributed by atoms with Gasteiger partial charge < -0.3 is 14.9 Å². The van der Waals surface area contributed by atoms with Crippen molar-refractivity contribution in [3.63, 3.8) is 0 Å². The van der Waals surface area contributed by atoms with E-state index in [1.165, 1.54) is 25.9 Å². The van der Waals surface area contributed by atoms with Crippen molar-refractivity contribution in [2.24, 2.45) is 0 Å². The number of aromatic nitrogens is 1. The van der Waals surface area contributed by atoms with Gasteiger partial charge in [0.1, 0.15) is 0 Å². The van der Waals surface area contributed by atoms with Crippen LogP contribution in [0.4, 0.5) is 5.13 Å². The van der Waals surface area contributed by atoms with Crippen molar-refractivity contribution in [1.29, 1.82) is 0 Å². The molecular weight excluding hydrogens is 270 g/mol. The molecule has 1 aromatic rings. The quantitative estimate of drug-likeness (QED) is 0.907. The fourth-order valence-corrected chi connectivity index (χ4v) is 3.95. The van der Waals surface area contributed by atoms with Crippen molar-refractivity contribution in [3.8, 4) is 0 Å². The largest absolute Gasteiger partial charge is 0.391 e. The van der Waals surface area contributed by atoms with Gasteiger partial charge >= 0.3 is 0 Å². The molecule has 1 saturated heterocycles. The third-order valence-electron chi connectivity index (χ3n) is 4.26. The highest BCUT2D eigenvalue weighted by atomic mass is 32.1. The Balaban J connectivity index is 2.07. The molecule has 4 nitrogen and oxygen atoms in total. The predicted molar refractivity (Wildman–Crippen MR) is 85.7 cm³/mol. The minimum atomic E-state index is 0.104. The van der Waals surface area contributed by atoms with Crippen LogP contribution in [-0.2, 0) is 6.61 Å². The average Bonchev–Trinajstić information content (AvgIpc) is 2.91. The molecule has 0 saturated carbocycles. The highest BCUT2D eigenvalue weighted by Crippen LogP contribution is 2.32. The van der Waals surface area contributed by atoms with E-state index in [-0.39, 0.29) is 6.61 Å². The molecule has 2 heterocycles. The fourth-order valence-electron chi connectivity index (χ4n) is 2.84. The molecule has 1 N–H and O–H groups in total. The molecule has 0 spiro atoms. The maximum absolute atomic E-state index is 9.48. The number of piperidine rings is 1. The molecule has 20 heavy (non-hydrogen) atoms. The zero-order valence-corrected chi connectivity index (χ0v) is 13.9. The molecule has 0 amide bonds. The zero-order valence-electron chi connectivity index (χ0n) is 13.1. The van der Waals surface area contributed by atoms with E-state index in [1.807, 2.05) is 0 Å². The molecule has 114 valence electrons. The summed E-state index contributed by atoms with van der Waals surface area (Å²) in [5.41, 5.74) is 1.06. The number of hydrogen-bond acceptors (Lipinski definition) is 5. The van der Waals surface area contributed by atoms with Crippen LogP contribution < -0.4 is 4.90 Å². The summed E-state index contributed by atoms with van der Waals surface area (Å²) in [5, 5.41) is 10.5. The Morgan fingerprint density at radius 3 is 2.50 bits per heavy atom. The summed E-state index contributed by atoms with van der Waals surface area (Å²) in [6.07, 6.45) is 2.41. The van der Waals surface area contributed by atoms with Crippen LogP contribution in [0.25, 0.3) is 0 Å². The molecule has 1 aliphatic heterocycles. The number of anilines is 1. The molecule has 0 atom stereocenters.